The Morgan fingerprint density at radius 3 is 2.27 bits per heavy atom. The third kappa shape index (κ3) is 3.78. The summed E-state index contributed by atoms with van der Waals surface area (Å²) < 4.78 is 5.75. The van der Waals surface area contributed by atoms with Gasteiger partial charge in [0.25, 0.3) is 0 Å². The highest BCUT2D eigenvalue weighted by Crippen LogP contribution is 2.73. The molecule has 5 atom stereocenters. The number of allylic oxidation sites excluding steroid dienone is 2. The van der Waals surface area contributed by atoms with Gasteiger partial charge in [-0.25, -0.2) is 4.79 Å². The number of methoxy groups -OCH3 is 1. The predicted octanol–water partition coefficient (Wildman–Crippen LogP) is 8.50. The largest absolute Gasteiger partial charge is 0.497 e. The molecule has 0 heterocycles. The highest BCUT2D eigenvalue weighted by atomic mass is 16.5. The van der Waals surface area contributed by atoms with E-state index in [-0.39, 0.29) is 23.2 Å². The van der Waals surface area contributed by atoms with Crippen molar-refractivity contribution in [3.8, 4) is 5.75 Å². The van der Waals surface area contributed by atoms with Crippen LogP contribution >= 0.6 is 0 Å². The minimum atomic E-state index is -0.873. The number of carbonyl (C=O) groups is 2. The van der Waals surface area contributed by atoms with Crippen molar-refractivity contribution in [2.45, 2.75) is 89.4 Å². The number of carbonyl (C=O) groups excluding carboxylic acids is 1. The number of carboxylic acid groups (broad SMARTS) is 1. The highest BCUT2D eigenvalue weighted by molar-refractivity contribution is 6.04. The van der Waals surface area contributed by atoms with Gasteiger partial charge in [0, 0.05) is 17.3 Å². The first-order valence-corrected chi connectivity index (χ1v) is 16.2. The lowest BCUT2D eigenvalue weighted by Gasteiger charge is -2.36. The molecule has 0 radical (unpaired) electrons. The lowest BCUT2D eigenvalue weighted by Crippen LogP contribution is -2.37. The second kappa shape index (κ2) is 9.31. The van der Waals surface area contributed by atoms with Crippen molar-refractivity contribution in [3.63, 3.8) is 0 Å². The van der Waals surface area contributed by atoms with Crippen molar-refractivity contribution in [2.24, 2.45) is 35.0 Å². The predicted molar refractivity (Wildman–Crippen MR) is 160 cm³/mol. The van der Waals surface area contributed by atoms with Gasteiger partial charge in [-0.1, -0.05) is 38.3 Å². The molecule has 0 aliphatic heterocycles. The molecular formula is C37H42O4. The van der Waals surface area contributed by atoms with E-state index < -0.39 is 5.97 Å². The lowest BCUT2D eigenvalue weighted by atomic mass is 9.67. The SMILES string of the molecule is COc1ccc2c(c1)C1CC1(C(=O)C1C3CCC1CC(C)C3)CC1C2=C(C2CCCCC2)c2ccc(C(=O)O)cc21. The second-order valence-electron chi connectivity index (χ2n) is 14.5. The van der Waals surface area contributed by atoms with E-state index >= 15 is 0 Å². The summed E-state index contributed by atoms with van der Waals surface area (Å²) in [7, 11) is 1.74. The molecule has 4 fully saturated rings. The van der Waals surface area contributed by atoms with Gasteiger partial charge in [0.1, 0.15) is 11.5 Å². The zero-order valence-corrected chi connectivity index (χ0v) is 24.5. The van der Waals surface area contributed by atoms with Gasteiger partial charge < -0.3 is 9.84 Å². The minimum Gasteiger partial charge on any atom is -0.497 e. The summed E-state index contributed by atoms with van der Waals surface area (Å²) in [4.78, 5) is 27.1. The number of hydrogen-bond acceptors (Lipinski definition) is 3. The van der Waals surface area contributed by atoms with Crippen molar-refractivity contribution in [1.29, 1.82) is 0 Å². The molecule has 6 aliphatic carbocycles. The van der Waals surface area contributed by atoms with E-state index in [4.69, 9.17) is 4.74 Å². The number of fused-ring (bicyclic) bond motifs is 9. The lowest BCUT2D eigenvalue weighted by molar-refractivity contribution is -0.132. The number of benzene rings is 2. The molecule has 2 bridgehead atoms. The molecule has 2 aromatic rings. The van der Waals surface area contributed by atoms with Crippen molar-refractivity contribution in [3.05, 3.63) is 64.2 Å². The summed E-state index contributed by atoms with van der Waals surface area (Å²) in [5.74, 6) is 3.35. The van der Waals surface area contributed by atoms with Gasteiger partial charge in [0.05, 0.1) is 12.7 Å². The van der Waals surface area contributed by atoms with Crippen LogP contribution in [0.25, 0.3) is 11.1 Å². The van der Waals surface area contributed by atoms with Gasteiger partial charge in [-0.05, 0) is 139 Å². The molecule has 1 N–H and O–H groups in total. The maximum Gasteiger partial charge on any atom is 0.335 e. The fourth-order valence-corrected chi connectivity index (χ4v) is 10.6. The van der Waals surface area contributed by atoms with Crippen molar-refractivity contribution in [2.75, 3.05) is 7.11 Å². The fraction of sp³-hybridized carbons (Fsp3) is 0.568. The van der Waals surface area contributed by atoms with E-state index in [1.807, 2.05) is 6.07 Å². The molecule has 0 saturated heterocycles. The maximum absolute atomic E-state index is 14.9. The normalized spacial score (nSPS) is 35.2. The quantitative estimate of drug-likeness (QED) is 0.405. The summed E-state index contributed by atoms with van der Waals surface area (Å²) in [6.45, 7) is 2.37. The number of aromatic carboxylic acids is 1. The zero-order valence-electron chi connectivity index (χ0n) is 24.5. The molecule has 4 heteroatoms. The highest BCUT2D eigenvalue weighted by Gasteiger charge is 2.66. The standard InChI is InChI=1S/C37H42O4/c1-20-14-22-8-9-23(15-20)32(22)35(38)37-18-30-28-16-24(36(39)40)10-12-26(28)33(21-6-4-3-5-7-21)34(30)27-13-11-25(41-2)17-29(27)31(37)19-37/h10-13,16-17,20-23,30-32H,3-9,14-15,18-19H2,1-2H3,(H,39,40). The Hall–Kier alpha value is -2.88. The number of Topliss-reactive ketones (excluding diaryl/α,β-unsaturated/α-hetero) is 1. The summed E-state index contributed by atoms with van der Waals surface area (Å²) in [5, 5.41) is 9.97. The van der Waals surface area contributed by atoms with Crippen LogP contribution in [-0.4, -0.2) is 24.0 Å². The Kier molecular flexibility index (Phi) is 5.86. The molecule has 0 spiro atoms. The second-order valence-corrected chi connectivity index (χ2v) is 14.5. The van der Waals surface area contributed by atoms with Gasteiger partial charge >= 0.3 is 5.97 Å². The molecule has 41 heavy (non-hydrogen) atoms. The summed E-state index contributed by atoms with van der Waals surface area (Å²) >= 11 is 0. The molecule has 0 aromatic heterocycles. The van der Waals surface area contributed by atoms with Gasteiger partial charge in [-0.15, -0.1) is 0 Å². The van der Waals surface area contributed by atoms with Gasteiger partial charge in [-0.2, -0.15) is 0 Å². The Morgan fingerprint density at radius 2 is 1.56 bits per heavy atom. The van der Waals surface area contributed by atoms with Crippen molar-refractivity contribution in [1.82, 2.24) is 0 Å². The smallest absolute Gasteiger partial charge is 0.335 e. The van der Waals surface area contributed by atoms with Crippen molar-refractivity contribution < 1.29 is 19.4 Å². The van der Waals surface area contributed by atoms with Crippen LogP contribution in [0.5, 0.6) is 5.75 Å². The molecule has 6 aliphatic rings. The minimum absolute atomic E-state index is 0.0741. The molecular weight excluding hydrogens is 508 g/mol. The molecule has 8 rings (SSSR count). The number of carboxylic acids is 1. The van der Waals surface area contributed by atoms with Crippen LogP contribution in [-0.2, 0) is 4.79 Å². The van der Waals surface area contributed by atoms with Crippen LogP contribution in [0.1, 0.15) is 122 Å². The average Bonchev–Trinajstić information content (AvgIpc) is 3.57. The Labute approximate surface area is 243 Å². The van der Waals surface area contributed by atoms with E-state index in [2.05, 4.69) is 31.2 Å². The van der Waals surface area contributed by atoms with Gasteiger partial charge in [0.2, 0.25) is 0 Å². The van der Waals surface area contributed by atoms with Crippen LogP contribution in [0.3, 0.4) is 0 Å². The topological polar surface area (TPSA) is 63.6 Å². The Morgan fingerprint density at radius 1 is 0.854 bits per heavy atom. The van der Waals surface area contributed by atoms with Crippen LogP contribution in [0.4, 0.5) is 0 Å². The molecule has 4 saturated carbocycles. The van der Waals surface area contributed by atoms with E-state index in [1.165, 1.54) is 85.6 Å². The number of ketones is 1. The monoisotopic (exact) mass is 550 g/mol. The van der Waals surface area contributed by atoms with Gasteiger partial charge in [-0.3, -0.25) is 4.79 Å². The van der Waals surface area contributed by atoms with Crippen LogP contribution in [0.2, 0.25) is 0 Å². The zero-order chi connectivity index (χ0) is 28.0. The van der Waals surface area contributed by atoms with E-state index in [1.54, 1.807) is 13.2 Å². The summed E-state index contributed by atoms with van der Waals surface area (Å²) in [6, 6.07) is 12.4. The third-order valence-electron chi connectivity index (χ3n) is 12.3. The van der Waals surface area contributed by atoms with Crippen LogP contribution in [0.15, 0.2) is 36.4 Å². The molecule has 2 aromatic carbocycles. The number of ether oxygens (including phenoxy) is 1. The molecule has 0 amide bonds. The molecule has 214 valence electrons. The average molecular weight is 551 g/mol. The van der Waals surface area contributed by atoms with E-state index in [0.29, 0.717) is 29.1 Å². The first-order chi connectivity index (χ1) is 19.9. The first-order valence-electron chi connectivity index (χ1n) is 16.2. The number of rotatable bonds is 5. The summed E-state index contributed by atoms with van der Waals surface area (Å²) in [5.41, 5.74) is 7.85. The Bertz CT molecular complexity index is 1460. The first kappa shape index (κ1) is 25.8. The van der Waals surface area contributed by atoms with E-state index in [9.17, 15) is 14.7 Å². The number of hydrogen-bond donors (Lipinski definition) is 1. The van der Waals surface area contributed by atoms with E-state index in [0.717, 1.165) is 30.1 Å². The van der Waals surface area contributed by atoms with Crippen LogP contribution < -0.4 is 4.74 Å². The molecule has 5 unspecified atom stereocenters. The van der Waals surface area contributed by atoms with Crippen molar-refractivity contribution >= 4 is 22.9 Å². The van der Waals surface area contributed by atoms with Crippen LogP contribution in [0, 0.1) is 35.0 Å². The Balaban J connectivity index is 1.31. The maximum atomic E-state index is 14.9. The third-order valence-corrected chi connectivity index (χ3v) is 12.3. The summed E-state index contributed by atoms with van der Waals surface area (Å²) in [6.07, 6.45) is 12.7. The van der Waals surface area contributed by atoms with Gasteiger partial charge in [0.15, 0.2) is 0 Å². The fourth-order valence-electron chi connectivity index (χ4n) is 10.6. The molecule has 4 nitrogen and oxygen atoms in total.